The molecule has 3 atom stereocenters. The molecule has 1 aromatic rings. The van der Waals surface area contributed by atoms with Gasteiger partial charge in [-0.3, -0.25) is 0 Å². The highest BCUT2D eigenvalue weighted by Crippen LogP contribution is 2.35. The van der Waals surface area contributed by atoms with Gasteiger partial charge in [0.25, 0.3) is 0 Å². The number of ether oxygens (including phenoxy) is 4. The van der Waals surface area contributed by atoms with Gasteiger partial charge in [-0.25, -0.2) is 0 Å². The highest BCUT2D eigenvalue weighted by Gasteiger charge is 2.43. The summed E-state index contributed by atoms with van der Waals surface area (Å²) in [6.45, 7) is 11.0. The number of benzene rings is 1. The Kier molecular flexibility index (Phi) is 8.17. The van der Waals surface area contributed by atoms with E-state index < -0.39 is 17.5 Å². The highest BCUT2D eigenvalue weighted by atomic mass is 16.8. The number of rotatable bonds is 12. The van der Waals surface area contributed by atoms with Crippen molar-refractivity contribution in [3.63, 3.8) is 0 Å². The largest absolute Gasteiger partial charge is 0.374 e. The van der Waals surface area contributed by atoms with Gasteiger partial charge in [0.2, 0.25) is 0 Å². The van der Waals surface area contributed by atoms with E-state index in [1.165, 1.54) is 0 Å². The Morgan fingerprint density at radius 3 is 2.52 bits per heavy atom. The summed E-state index contributed by atoms with van der Waals surface area (Å²) in [5.41, 5.74) is 0.645. The lowest BCUT2D eigenvalue weighted by molar-refractivity contribution is -0.164. The number of aldehydes is 1. The highest BCUT2D eigenvalue weighted by molar-refractivity contribution is 5.55. The van der Waals surface area contributed by atoms with Gasteiger partial charge >= 0.3 is 0 Å². The van der Waals surface area contributed by atoms with Crippen molar-refractivity contribution in [2.45, 2.75) is 70.2 Å². The minimum absolute atomic E-state index is 0.0618. The molecule has 0 N–H and O–H groups in total. The molecule has 1 heterocycles. The van der Waals surface area contributed by atoms with E-state index in [2.05, 4.69) is 6.58 Å². The Balaban J connectivity index is 1.86. The molecule has 0 bridgehead atoms. The molecule has 0 spiro atoms. The van der Waals surface area contributed by atoms with E-state index in [1.807, 2.05) is 51.1 Å². The second kappa shape index (κ2) is 10.1. The monoisotopic (exact) mass is 376 g/mol. The van der Waals surface area contributed by atoms with Crippen LogP contribution in [0.15, 0.2) is 43.0 Å². The third-order valence-corrected chi connectivity index (χ3v) is 4.56. The maximum atomic E-state index is 11.4. The van der Waals surface area contributed by atoms with Crippen molar-refractivity contribution in [1.82, 2.24) is 0 Å². The molecule has 1 fully saturated rings. The van der Waals surface area contributed by atoms with E-state index in [1.54, 1.807) is 6.08 Å². The molecule has 0 unspecified atom stereocenters. The minimum atomic E-state index is -0.581. The lowest BCUT2D eigenvalue weighted by Crippen LogP contribution is -2.36. The molecule has 0 radical (unpaired) electrons. The fraction of sp³-hybridized carbons (Fsp3) is 0.591. The Morgan fingerprint density at radius 1 is 1.19 bits per heavy atom. The number of hydrogen-bond donors (Lipinski definition) is 0. The molecule has 1 aliphatic heterocycles. The Morgan fingerprint density at radius 2 is 1.93 bits per heavy atom. The van der Waals surface area contributed by atoms with Gasteiger partial charge in [0.1, 0.15) is 12.4 Å². The third-order valence-electron chi connectivity index (χ3n) is 4.56. The van der Waals surface area contributed by atoms with E-state index in [9.17, 15) is 4.79 Å². The predicted octanol–water partition coefficient (Wildman–Crippen LogP) is 4.05. The van der Waals surface area contributed by atoms with Crippen molar-refractivity contribution in [3.05, 3.63) is 48.6 Å². The molecule has 5 nitrogen and oxygen atoms in total. The Labute approximate surface area is 162 Å². The van der Waals surface area contributed by atoms with Crippen LogP contribution in [-0.2, 0) is 30.3 Å². The van der Waals surface area contributed by atoms with Crippen molar-refractivity contribution < 1.29 is 23.7 Å². The van der Waals surface area contributed by atoms with E-state index >= 15 is 0 Å². The molecule has 27 heavy (non-hydrogen) atoms. The topological polar surface area (TPSA) is 54.0 Å². The van der Waals surface area contributed by atoms with Crippen molar-refractivity contribution in [2.75, 3.05) is 13.2 Å². The average molecular weight is 376 g/mol. The van der Waals surface area contributed by atoms with E-state index in [-0.39, 0.29) is 6.10 Å². The first-order chi connectivity index (χ1) is 12.9. The fourth-order valence-corrected chi connectivity index (χ4v) is 3.33. The van der Waals surface area contributed by atoms with Gasteiger partial charge in [0, 0.05) is 6.42 Å². The summed E-state index contributed by atoms with van der Waals surface area (Å²) in [5, 5.41) is 0. The molecular weight excluding hydrogens is 344 g/mol. The quantitative estimate of drug-likeness (QED) is 0.407. The maximum absolute atomic E-state index is 11.4. The summed E-state index contributed by atoms with van der Waals surface area (Å²) in [7, 11) is 0. The zero-order valence-electron chi connectivity index (χ0n) is 16.7. The van der Waals surface area contributed by atoms with Crippen LogP contribution < -0.4 is 0 Å². The maximum Gasteiger partial charge on any atom is 0.163 e. The lowest BCUT2D eigenvalue weighted by atomic mass is 9.95. The van der Waals surface area contributed by atoms with Crippen LogP contribution in [0.2, 0.25) is 0 Å². The smallest absolute Gasteiger partial charge is 0.163 e. The van der Waals surface area contributed by atoms with Gasteiger partial charge in [-0.05, 0) is 39.2 Å². The molecule has 5 heteroatoms. The average Bonchev–Trinajstić information content (AvgIpc) is 2.93. The predicted molar refractivity (Wildman–Crippen MR) is 104 cm³/mol. The molecule has 0 aromatic heterocycles. The standard InChI is InChI=1S/C22H32O5/c1-5-13-24-19(14-22(4)17-26-21(2,3)27-22)11-12-20(15-23)25-16-18-9-7-6-8-10-18/h5-10,15,19-20H,1,11-14,16-17H2,2-4H3/t19-,20+,22+/m0/s1. The summed E-state index contributed by atoms with van der Waals surface area (Å²) < 4.78 is 23.5. The van der Waals surface area contributed by atoms with Crippen LogP contribution in [0.1, 0.15) is 45.6 Å². The number of hydrogen-bond acceptors (Lipinski definition) is 5. The Bertz CT molecular complexity index is 586. The second-order valence-corrected chi connectivity index (χ2v) is 7.74. The first-order valence-electron chi connectivity index (χ1n) is 9.53. The summed E-state index contributed by atoms with van der Waals surface area (Å²) in [6.07, 6.45) is 4.07. The van der Waals surface area contributed by atoms with Crippen LogP contribution in [0.4, 0.5) is 0 Å². The molecule has 0 aliphatic carbocycles. The fourth-order valence-electron chi connectivity index (χ4n) is 3.33. The van der Waals surface area contributed by atoms with Gasteiger partial charge in [-0.15, -0.1) is 6.58 Å². The Hall–Kier alpha value is -1.53. The second-order valence-electron chi connectivity index (χ2n) is 7.74. The summed E-state index contributed by atoms with van der Waals surface area (Å²) in [4.78, 5) is 11.4. The zero-order valence-corrected chi connectivity index (χ0v) is 16.7. The van der Waals surface area contributed by atoms with Gasteiger partial charge in [0.05, 0.1) is 31.5 Å². The molecule has 2 rings (SSSR count). The van der Waals surface area contributed by atoms with E-state index in [4.69, 9.17) is 18.9 Å². The SMILES string of the molecule is C=CCO[C@@H](CC[C@H](C=O)OCc1ccccc1)C[C@]1(C)COC(C)(C)O1. The normalized spacial score (nSPS) is 23.7. The van der Waals surface area contributed by atoms with Crippen molar-refractivity contribution >= 4 is 6.29 Å². The van der Waals surface area contributed by atoms with Crippen molar-refractivity contribution in [1.29, 1.82) is 0 Å². The minimum Gasteiger partial charge on any atom is -0.374 e. The molecule has 150 valence electrons. The molecular formula is C22H32O5. The molecule has 0 saturated carbocycles. The summed E-state index contributed by atoms with van der Waals surface area (Å²) >= 11 is 0. The third kappa shape index (κ3) is 7.54. The summed E-state index contributed by atoms with van der Waals surface area (Å²) in [5.74, 6) is -0.581. The number of carbonyl (C=O) groups is 1. The van der Waals surface area contributed by atoms with Crippen LogP contribution in [-0.4, -0.2) is 43.1 Å². The molecule has 1 aliphatic rings. The van der Waals surface area contributed by atoms with Gasteiger partial charge in [-0.2, -0.15) is 0 Å². The van der Waals surface area contributed by atoms with Gasteiger partial charge in [0.15, 0.2) is 5.79 Å². The van der Waals surface area contributed by atoms with Crippen LogP contribution in [0.3, 0.4) is 0 Å². The van der Waals surface area contributed by atoms with Crippen LogP contribution in [0, 0.1) is 0 Å². The number of carbonyl (C=O) groups excluding carboxylic acids is 1. The molecule has 1 saturated heterocycles. The van der Waals surface area contributed by atoms with E-state index in [0.29, 0.717) is 39.1 Å². The summed E-state index contributed by atoms with van der Waals surface area (Å²) in [6, 6.07) is 9.84. The van der Waals surface area contributed by atoms with Crippen LogP contribution in [0.25, 0.3) is 0 Å². The van der Waals surface area contributed by atoms with Crippen molar-refractivity contribution in [2.24, 2.45) is 0 Å². The van der Waals surface area contributed by atoms with Crippen LogP contribution in [0.5, 0.6) is 0 Å². The first kappa shape index (κ1) is 21.8. The zero-order chi connectivity index (χ0) is 19.8. The first-order valence-corrected chi connectivity index (χ1v) is 9.53. The molecule has 0 amide bonds. The molecule has 1 aromatic carbocycles. The van der Waals surface area contributed by atoms with Gasteiger partial charge in [-0.1, -0.05) is 36.4 Å². The van der Waals surface area contributed by atoms with Crippen LogP contribution >= 0.6 is 0 Å². The van der Waals surface area contributed by atoms with Crippen molar-refractivity contribution in [3.8, 4) is 0 Å². The lowest BCUT2D eigenvalue weighted by Gasteiger charge is -2.29. The van der Waals surface area contributed by atoms with E-state index in [0.717, 1.165) is 11.8 Å². The van der Waals surface area contributed by atoms with Gasteiger partial charge < -0.3 is 23.7 Å².